The normalized spacial score (nSPS) is 19.1. The van der Waals surface area contributed by atoms with Gasteiger partial charge in [-0.05, 0) is 32.9 Å². The van der Waals surface area contributed by atoms with Crippen LogP contribution in [0.25, 0.3) is 11.0 Å². The van der Waals surface area contributed by atoms with E-state index in [0.29, 0.717) is 11.1 Å². The quantitative estimate of drug-likeness (QED) is 0.587. The van der Waals surface area contributed by atoms with E-state index in [1.54, 1.807) is 39.0 Å². The van der Waals surface area contributed by atoms with Gasteiger partial charge in [0.2, 0.25) is 0 Å². The number of fused-ring (bicyclic) bond motifs is 1. The molecule has 1 aromatic carbocycles. The van der Waals surface area contributed by atoms with Crippen LogP contribution in [-0.2, 0) is 14.8 Å². The van der Waals surface area contributed by atoms with E-state index in [-0.39, 0.29) is 29.3 Å². The first kappa shape index (κ1) is 22.8. The number of hydrogen-bond acceptors (Lipinski definition) is 8. The van der Waals surface area contributed by atoms with E-state index in [4.69, 9.17) is 10.5 Å². The van der Waals surface area contributed by atoms with Gasteiger partial charge < -0.3 is 20.7 Å². The standard InChI is InChI=1S/C21H25FN6O4S/c1-21(2,3)32-20(29)27-11-15(22)17(12-27)26-18-14-9-25-28(19(14)24-10-16(18)23)33(30,31)13-7-5-4-6-8-13/h4-10,15,17H,11-12,23H2,1-3H3,(H,24,26)/t15?,17-/m1/s1. The van der Waals surface area contributed by atoms with Crippen molar-refractivity contribution in [2.45, 2.75) is 43.5 Å². The lowest BCUT2D eigenvalue weighted by Gasteiger charge is -2.24. The molecule has 2 atom stereocenters. The molecule has 1 saturated heterocycles. The summed E-state index contributed by atoms with van der Waals surface area (Å²) in [6.45, 7) is 5.12. The van der Waals surface area contributed by atoms with Crippen LogP contribution in [-0.4, -0.2) is 64.5 Å². The van der Waals surface area contributed by atoms with Crippen LogP contribution in [0, 0.1) is 0 Å². The number of hydrogen-bond donors (Lipinski definition) is 2. The number of nitrogens with two attached hydrogens (primary N) is 1. The highest BCUT2D eigenvalue weighted by atomic mass is 32.2. The number of rotatable bonds is 4. The van der Waals surface area contributed by atoms with Gasteiger partial charge in [0.25, 0.3) is 10.0 Å². The van der Waals surface area contributed by atoms with Crippen LogP contribution < -0.4 is 11.1 Å². The van der Waals surface area contributed by atoms with Crippen molar-refractivity contribution in [3.05, 3.63) is 42.7 Å². The van der Waals surface area contributed by atoms with Gasteiger partial charge in [0.15, 0.2) is 5.65 Å². The molecular formula is C21H25FN6O4S. The molecule has 1 aliphatic rings. The average molecular weight is 477 g/mol. The van der Waals surface area contributed by atoms with E-state index in [1.807, 2.05) is 0 Å². The first-order valence-corrected chi connectivity index (χ1v) is 11.7. The van der Waals surface area contributed by atoms with Crippen molar-refractivity contribution in [2.75, 3.05) is 24.1 Å². The number of likely N-dealkylation sites (tertiary alicyclic amines) is 1. The van der Waals surface area contributed by atoms with Gasteiger partial charge in [0.1, 0.15) is 11.8 Å². The second-order valence-electron chi connectivity index (χ2n) is 8.78. The van der Waals surface area contributed by atoms with Crippen LogP contribution in [0.2, 0.25) is 0 Å². The molecule has 4 rings (SSSR count). The Bertz CT molecular complexity index is 1290. The number of nitrogens with one attached hydrogen (secondary N) is 1. The van der Waals surface area contributed by atoms with Gasteiger partial charge in [0.05, 0.1) is 46.6 Å². The van der Waals surface area contributed by atoms with E-state index in [2.05, 4.69) is 15.4 Å². The first-order valence-electron chi connectivity index (χ1n) is 10.3. The number of aromatic nitrogens is 3. The maximum absolute atomic E-state index is 14.8. The van der Waals surface area contributed by atoms with Crippen molar-refractivity contribution < 1.29 is 22.3 Å². The molecule has 0 aliphatic carbocycles. The number of halogens is 1. The summed E-state index contributed by atoms with van der Waals surface area (Å²) in [7, 11) is -4.00. The Labute approximate surface area is 190 Å². The molecular weight excluding hydrogens is 451 g/mol. The second-order valence-corrected chi connectivity index (χ2v) is 10.6. The Morgan fingerprint density at radius 2 is 1.91 bits per heavy atom. The first-order chi connectivity index (χ1) is 15.5. The second kappa shape index (κ2) is 8.18. The molecule has 1 amide bonds. The third-order valence-corrected chi connectivity index (χ3v) is 6.69. The molecule has 176 valence electrons. The van der Waals surface area contributed by atoms with Crippen LogP contribution in [0.4, 0.5) is 20.6 Å². The Morgan fingerprint density at radius 1 is 1.21 bits per heavy atom. The van der Waals surface area contributed by atoms with Crippen LogP contribution in [0.3, 0.4) is 0 Å². The van der Waals surface area contributed by atoms with Crippen molar-refractivity contribution in [1.82, 2.24) is 19.1 Å². The molecule has 2 aromatic heterocycles. The minimum absolute atomic E-state index is 0.0490. The van der Waals surface area contributed by atoms with E-state index in [9.17, 15) is 17.6 Å². The summed E-state index contributed by atoms with van der Waals surface area (Å²) in [5.41, 5.74) is 5.92. The molecule has 0 bridgehead atoms. The van der Waals surface area contributed by atoms with E-state index >= 15 is 0 Å². The predicted octanol–water partition coefficient (Wildman–Crippen LogP) is 2.62. The molecule has 0 spiro atoms. The summed E-state index contributed by atoms with van der Waals surface area (Å²) >= 11 is 0. The molecule has 3 N–H and O–H groups in total. The highest BCUT2D eigenvalue weighted by Crippen LogP contribution is 2.32. The van der Waals surface area contributed by atoms with E-state index in [0.717, 1.165) is 4.09 Å². The minimum atomic E-state index is -4.00. The smallest absolute Gasteiger partial charge is 0.410 e. The number of benzene rings is 1. The van der Waals surface area contributed by atoms with Gasteiger partial charge in [0, 0.05) is 6.54 Å². The van der Waals surface area contributed by atoms with Gasteiger partial charge >= 0.3 is 6.09 Å². The zero-order valence-electron chi connectivity index (χ0n) is 18.4. The fourth-order valence-electron chi connectivity index (χ4n) is 3.56. The van der Waals surface area contributed by atoms with Gasteiger partial charge in [-0.1, -0.05) is 18.2 Å². The predicted molar refractivity (Wildman–Crippen MR) is 121 cm³/mol. The van der Waals surface area contributed by atoms with Crippen molar-refractivity contribution in [3.8, 4) is 0 Å². The summed E-state index contributed by atoms with van der Waals surface area (Å²) in [6, 6.07) is 7.05. The van der Waals surface area contributed by atoms with E-state index < -0.39 is 33.9 Å². The van der Waals surface area contributed by atoms with Crippen LogP contribution >= 0.6 is 0 Å². The van der Waals surface area contributed by atoms with E-state index in [1.165, 1.54) is 29.4 Å². The molecule has 33 heavy (non-hydrogen) atoms. The number of anilines is 2. The van der Waals surface area contributed by atoms with Gasteiger partial charge in [-0.25, -0.2) is 14.2 Å². The summed E-state index contributed by atoms with van der Waals surface area (Å²) < 4.78 is 47.0. The average Bonchev–Trinajstić information content (AvgIpc) is 3.34. The molecule has 1 unspecified atom stereocenters. The summed E-state index contributed by atoms with van der Waals surface area (Å²) in [4.78, 5) is 17.8. The Balaban J connectivity index is 1.63. The van der Waals surface area contributed by atoms with Crippen LogP contribution in [0.15, 0.2) is 47.6 Å². The lowest BCUT2D eigenvalue weighted by atomic mass is 10.2. The van der Waals surface area contributed by atoms with Crippen molar-refractivity contribution >= 4 is 38.5 Å². The molecule has 0 radical (unpaired) electrons. The third-order valence-electron chi connectivity index (χ3n) is 5.10. The van der Waals surface area contributed by atoms with Crippen LogP contribution in [0.1, 0.15) is 20.8 Å². The largest absolute Gasteiger partial charge is 0.444 e. The van der Waals surface area contributed by atoms with Crippen molar-refractivity contribution in [2.24, 2.45) is 0 Å². The Morgan fingerprint density at radius 3 is 2.58 bits per heavy atom. The van der Waals surface area contributed by atoms with Crippen LogP contribution in [0.5, 0.6) is 0 Å². The third kappa shape index (κ3) is 4.42. The van der Waals surface area contributed by atoms with Gasteiger partial charge in [-0.15, -0.1) is 4.09 Å². The molecule has 1 aliphatic heterocycles. The highest BCUT2D eigenvalue weighted by molar-refractivity contribution is 7.90. The highest BCUT2D eigenvalue weighted by Gasteiger charge is 2.38. The summed E-state index contributed by atoms with van der Waals surface area (Å²) in [5, 5.41) is 7.35. The fraction of sp³-hybridized carbons (Fsp3) is 0.381. The maximum atomic E-state index is 14.8. The SMILES string of the molecule is CC(C)(C)OC(=O)N1CC(F)[C@H](Nc2c(N)cnc3c2cnn3S(=O)(=O)c2ccccc2)C1. The number of amides is 1. The number of alkyl halides is 1. The minimum Gasteiger partial charge on any atom is -0.444 e. The van der Waals surface area contributed by atoms with Gasteiger partial charge in [-0.3, -0.25) is 0 Å². The summed E-state index contributed by atoms with van der Waals surface area (Å²) in [6.07, 6.45) is 0.610. The molecule has 3 heterocycles. The summed E-state index contributed by atoms with van der Waals surface area (Å²) in [5.74, 6) is 0. The molecule has 1 fully saturated rings. The van der Waals surface area contributed by atoms with Gasteiger partial charge in [-0.2, -0.15) is 13.5 Å². The fourth-order valence-corrected chi connectivity index (χ4v) is 4.81. The zero-order valence-corrected chi connectivity index (χ0v) is 19.2. The van der Waals surface area contributed by atoms with Crippen molar-refractivity contribution in [3.63, 3.8) is 0 Å². The topological polar surface area (TPSA) is 132 Å². The molecule has 10 nitrogen and oxygen atoms in total. The Hall–Kier alpha value is -3.41. The molecule has 12 heteroatoms. The maximum Gasteiger partial charge on any atom is 0.410 e. The monoisotopic (exact) mass is 476 g/mol. The number of nitrogen functional groups attached to an aromatic ring is 1. The van der Waals surface area contributed by atoms with Crippen molar-refractivity contribution in [1.29, 1.82) is 0 Å². The number of pyridine rings is 1. The lowest BCUT2D eigenvalue weighted by molar-refractivity contribution is 0.0283. The number of nitrogens with zero attached hydrogens (tertiary/aromatic N) is 4. The zero-order chi connectivity index (χ0) is 24.0. The Kier molecular flexibility index (Phi) is 5.64. The number of carbonyl (C=O) groups is 1. The molecule has 0 saturated carbocycles. The lowest BCUT2D eigenvalue weighted by Crippen LogP contribution is -2.36. The molecule has 3 aromatic rings. The number of carbonyl (C=O) groups excluding carboxylic acids is 1. The number of ether oxygens (including phenoxy) is 1.